The van der Waals surface area contributed by atoms with Crippen molar-refractivity contribution in [3.05, 3.63) is 29.3 Å². The van der Waals surface area contributed by atoms with Crippen LogP contribution < -0.4 is 5.32 Å². The van der Waals surface area contributed by atoms with E-state index in [0.29, 0.717) is 12.0 Å². The molecule has 0 radical (unpaired) electrons. The normalized spacial score (nSPS) is 24.6. The minimum absolute atomic E-state index is 0.0311. The molecule has 3 heteroatoms. The topological polar surface area (TPSA) is 35.8 Å². The van der Waals surface area contributed by atoms with Gasteiger partial charge in [0.05, 0.1) is 11.6 Å². The van der Waals surface area contributed by atoms with Gasteiger partial charge in [-0.05, 0) is 30.2 Å². The fourth-order valence-electron chi connectivity index (χ4n) is 1.71. The van der Waals surface area contributed by atoms with E-state index in [2.05, 4.69) is 11.4 Å². The van der Waals surface area contributed by atoms with E-state index in [-0.39, 0.29) is 5.92 Å². The largest absolute Gasteiger partial charge is 0.356 e. The SMILES string of the molecule is CC1Cc2cc(C#N)ccc2N[C@H]1F. The Morgan fingerprint density at radius 3 is 3.07 bits per heavy atom. The molecule has 0 bridgehead atoms. The van der Waals surface area contributed by atoms with Gasteiger partial charge in [-0.3, -0.25) is 0 Å². The molecule has 14 heavy (non-hydrogen) atoms. The second-order valence-electron chi connectivity index (χ2n) is 3.71. The van der Waals surface area contributed by atoms with Crippen LogP contribution in [0.15, 0.2) is 18.2 Å². The summed E-state index contributed by atoms with van der Waals surface area (Å²) in [5, 5.41) is 11.5. The number of nitrogens with one attached hydrogen (secondary N) is 1. The van der Waals surface area contributed by atoms with Gasteiger partial charge in [-0.2, -0.15) is 5.26 Å². The predicted octanol–water partition coefficient (Wildman–Crippen LogP) is 2.46. The number of benzene rings is 1. The molecule has 1 aliphatic rings. The van der Waals surface area contributed by atoms with Crippen LogP contribution >= 0.6 is 0 Å². The summed E-state index contributed by atoms with van der Waals surface area (Å²) >= 11 is 0. The van der Waals surface area contributed by atoms with Crippen LogP contribution in [0.25, 0.3) is 0 Å². The average Bonchev–Trinajstić information content (AvgIpc) is 2.19. The van der Waals surface area contributed by atoms with E-state index in [9.17, 15) is 4.39 Å². The van der Waals surface area contributed by atoms with Crippen molar-refractivity contribution in [3.8, 4) is 6.07 Å². The average molecular weight is 190 g/mol. The lowest BCUT2D eigenvalue weighted by molar-refractivity contribution is 0.264. The van der Waals surface area contributed by atoms with Crippen LogP contribution in [0, 0.1) is 17.2 Å². The molecule has 0 saturated carbocycles. The third-order valence-corrected chi connectivity index (χ3v) is 2.57. The van der Waals surface area contributed by atoms with Crippen molar-refractivity contribution >= 4 is 5.69 Å². The number of anilines is 1. The number of nitriles is 1. The Balaban J connectivity index is 2.39. The molecule has 0 aliphatic carbocycles. The minimum Gasteiger partial charge on any atom is -0.356 e. The lowest BCUT2D eigenvalue weighted by Gasteiger charge is -2.27. The molecule has 72 valence electrons. The monoisotopic (exact) mass is 190 g/mol. The van der Waals surface area contributed by atoms with E-state index in [1.165, 1.54) is 0 Å². The van der Waals surface area contributed by atoms with Gasteiger partial charge >= 0.3 is 0 Å². The second kappa shape index (κ2) is 3.30. The highest BCUT2D eigenvalue weighted by Crippen LogP contribution is 2.29. The van der Waals surface area contributed by atoms with Crippen LogP contribution in [0.1, 0.15) is 18.1 Å². The van der Waals surface area contributed by atoms with Crippen molar-refractivity contribution in [3.63, 3.8) is 0 Å². The van der Waals surface area contributed by atoms with Crippen LogP contribution in [0.3, 0.4) is 0 Å². The van der Waals surface area contributed by atoms with Gasteiger partial charge in [0.25, 0.3) is 0 Å². The van der Waals surface area contributed by atoms with Gasteiger partial charge in [0.15, 0.2) is 6.30 Å². The first kappa shape index (κ1) is 9.01. The van der Waals surface area contributed by atoms with Gasteiger partial charge in [-0.25, -0.2) is 4.39 Å². The summed E-state index contributed by atoms with van der Waals surface area (Å²) in [6, 6.07) is 7.38. The molecular weight excluding hydrogens is 179 g/mol. The Kier molecular flexibility index (Phi) is 2.12. The number of rotatable bonds is 0. The fourth-order valence-corrected chi connectivity index (χ4v) is 1.71. The van der Waals surface area contributed by atoms with Crippen molar-refractivity contribution in [1.29, 1.82) is 5.26 Å². The van der Waals surface area contributed by atoms with Gasteiger partial charge in [0, 0.05) is 11.6 Å². The Morgan fingerprint density at radius 1 is 1.57 bits per heavy atom. The van der Waals surface area contributed by atoms with E-state index < -0.39 is 6.30 Å². The first-order valence-electron chi connectivity index (χ1n) is 4.64. The number of hydrogen-bond donors (Lipinski definition) is 1. The van der Waals surface area contributed by atoms with Crippen LogP contribution in [-0.2, 0) is 6.42 Å². The molecule has 1 aliphatic heterocycles. The molecule has 1 aromatic carbocycles. The van der Waals surface area contributed by atoms with Gasteiger partial charge in [0.1, 0.15) is 0 Å². The summed E-state index contributed by atoms with van der Waals surface area (Å²) < 4.78 is 13.3. The molecule has 0 fully saturated rings. The lowest BCUT2D eigenvalue weighted by Crippen LogP contribution is -2.29. The molecule has 1 N–H and O–H groups in total. The quantitative estimate of drug-likeness (QED) is 0.638. The second-order valence-corrected chi connectivity index (χ2v) is 3.71. The highest BCUT2D eigenvalue weighted by Gasteiger charge is 2.23. The third kappa shape index (κ3) is 1.44. The maximum absolute atomic E-state index is 13.3. The van der Waals surface area contributed by atoms with E-state index in [1.54, 1.807) is 12.1 Å². The first-order valence-corrected chi connectivity index (χ1v) is 4.64. The van der Waals surface area contributed by atoms with E-state index in [1.807, 2.05) is 13.0 Å². The number of nitrogens with zero attached hydrogens (tertiary/aromatic N) is 1. The molecule has 0 aromatic heterocycles. The molecule has 2 rings (SSSR count). The number of hydrogen-bond acceptors (Lipinski definition) is 2. The fraction of sp³-hybridized carbons (Fsp3) is 0.364. The maximum Gasteiger partial charge on any atom is 0.172 e. The van der Waals surface area contributed by atoms with E-state index in [0.717, 1.165) is 11.3 Å². The van der Waals surface area contributed by atoms with Crippen LogP contribution in [-0.4, -0.2) is 6.30 Å². The van der Waals surface area contributed by atoms with Crippen molar-refractivity contribution < 1.29 is 4.39 Å². The standard InChI is InChI=1S/C11H11FN2/c1-7-4-9-5-8(6-13)2-3-10(9)14-11(7)12/h2-3,5,7,11,14H,4H2,1H3/t7?,11-/m1/s1. The predicted molar refractivity (Wildman–Crippen MR) is 52.5 cm³/mol. The summed E-state index contributed by atoms with van der Waals surface area (Å²) in [5.74, 6) is -0.0311. The zero-order valence-corrected chi connectivity index (χ0v) is 7.92. The smallest absolute Gasteiger partial charge is 0.172 e. The van der Waals surface area contributed by atoms with Crippen molar-refractivity contribution in [1.82, 2.24) is 0 Å². The van der Waals surface area contributed by atoms with Crippen molar-refractivity contribution in [2.24, 2.45) is 5.92 Å². The zero-order chi connectivity index (χ0) is 10.1. The van der Waals surface area contributed by atoms with E-state index in [4.69, 9.17) is 5.26 Å². The molecule has 2 nitrogen and oxygen atoms in total. The van der Waals surface area contributed by atoms with Crippen molar-refractivity contribution in [2.75, 3.05) is 5.32 Å². The van der Waals surface area contributed by atoms with Gasteiger partial charge in [-0.1, -0.05) is 6.92 Å². The number of alkyl halides is 1. The Morgan fingerprint density at radius 2 is 2.36 bits per heavy atom. The summed E-state index contributed by atoms with van der Waals surface area (Å²) in [4.78, 5) is 0. The number of halogens is 1. The van der Waals surface area contributed by atoms with Crippen molar-refractivity contribution in [2.45, 2.75) is 19.6 Å². The molecule has 0 spiro atoms. The maximum atomic E-state index is 13.3. The Hall–Kier alpha value is -1.56. The Bertz CT molecular complexity index is 395. The number of fused-ring (bicyclic) bond motifs is 1. The zero-order valence-electron chi connectivity index (χ0n) is 7.92. The highest BCUT2D eigenvalue weighted by atomic mass is 19.1. The third-order valence-electron chi connectivity index (χ3n) is 2.57. The summed E-state index contributed by atoms with van der Waals surface area (Å²) in [7, 11) is 0. The summed E-state index contributed by atoms with van der Waals surface area (Å²) in [6.45, 7) is 1.86. The van der Waals surface area contributed by atoms with Crippen LogP contribution in [0.4, 0.5) is 10.1 Å². The van der Waals surface area contributed by atoms with Gasteiger partial charge < -0.3 is 5.32 Å². The molecule has 1 unspecified atom stereocenters. The Labute approximate surface area is 82.4 Å². The molecule has 1 aromatic rings. The van der Waals surface area contributed by atoms with Gasteiger partial charge in [0.2, 0.25) is 0 Å². The van der Waals surface area contributed by atoms with E-state index >= 15 is 0 Å². The summed E-state index contributed by atoms with van der Waals surface area (Å²) in [5.41, 5.74) is 2.48. The molecule has 1 heterocycles. The van der Waals surface area contributed by atoms with Crippen LogP contribution in [0.2, 0.25) is 0 Å². The highest BCUT2D eigenvalue weighted by molar-refractivity contribution is 5.56. The first-order chi connectivity index (χ1) is 6.70. The molecular formula is C11H11FN2. The summed E-state index contributed by atoms with van der Waals surface area (Å²) in [6.07, 6.45) is -0.283. The molecule has 0 saturated heterocycles. The lowest BCUT2D eigenvalue weighted by atomic mass is 9.93. The van der Waals surface area contributed by atoms with Crippen LogP contribution in [0.5, 0.6) is 0 Å². The van der Waals surface area contributed by atoms with Gasteiger partial charge in [-0.15, -0.1) is 0 Å². The molecule has 2 atom stereocenters. The molecule has 0 amide bonds. The minimum atomic E-state index is -0.976.